The van der Waals surface area contributed by atoms with Gasteiger partial charge in [0.25, 0.3) is 5.91 Å². The van der Waals surface area contributed by atoms with Crippen LogP contribution in [0.2, 0.25) is 5.02 Å². The SMILES string of the molecule is Cc1cc(C(/C=C(\F)c2ccc(C(=O)NCC(C)(C)F)c3ccccc23)C(F)(F)F)cc(Cl)c1C. The maximum atomic E-state index is 15.4. The lowest BCUT2D eigenvalue weighted by molar-refractivity contribution is -0.139. The zero-order chi connectivity index (χ0) is 26.1. The summed E-state index contributed by atoms with van der Waals surface area (Å²) >= 11 is 6.10. The number of allylic oxidation sites excluding steroid dienone is 1. The number of aryl methyl sites for hydroxylation is 1. The lowest BCUT2D eigenvalue weighted by atomic mass is 9.92. The quantitative estimate of drug-likeness (QED) is 0.333. The minimum Gasteiger partial charge on any atom is -0.349 e. The van der Waals surface area contributed by atoms with E-state index in [1.165, 1.54) is 44.2 Å². The Balaban J connectivity index is 2.09. The number of fused-ring (bicyclic) bond motifs is 1. The molecule has 0 saturated heterocycles. The fourth-order valence-electron chi connectivity index (χ4n) is 3.73. The average Bonchev–Trinajstić information content (AvgIpc) is 2.77. The molecular weight excluding hydrogens is 485 g/mol. The molecule has 0 aliphatic carbocycles. The van der Waals surface area contributed by atoms with Crippen molar-refractivity contribution < 1.29 is 26.7 Å². The second kappa shape index (κ2) is 9.97. The van der Waals surface area contributed by atoms with Crippen molar-refractivity contribution in [2.45, 2.75) is 45.5 Å². The number of hydrogen-bond donors (Lipinski definition) is 1. The first kappa shape index (κ1) is 26.7. The van der Waals surface area contributed by atoms with Crippen LogP contribution in [0.4, 0.5) is 22.0 Å². The molecule has 2 nitrogen and oxygen atoms in total. The van der Waals surface area contributed by atoms with Crippen LogP contribution in [0.15, 0.2) is 54.6 Å². The van der Waals surface area contributed by atoms with Gasteiger partial charge in [0.05, 0.1) is 6.54 Å². The summed E-state index contributed by atoms with van der Waals surface area (Å²) in [6, 6.07) is 11.4. The molecule has 0 heterocycles. The molecule has 1 unspecified atom stereocenters. The van der Waals surface area contributed by atoms with Crippen LogP contribution in [0, 0.1) is 13.8 Å². The fraction of sp³-hybridized carbons (Fsp3) is 0.296. The Labute approximate surface area is 205 Å². The Hall–Kier alpha value is -2.93. The van der Waals surface area contributed by atoms with E-state index in [0.29, 0.717) is 22.6 Å². The number of benzene rings is 3. The van der Waals surface area contributed by atoms with Crippen molar-refractivity contribution in [2.75, 3.05) is 6.54 Å². The van der Waals surface area contributed by atoms with Crippen molar-refractivity contribution in [1.82, 2.24) is 5.32 Å². The highest BCUT2D eigenvalue weighted by Gasteiger charge is 2.40. The molecule has 0 aliphatic heterocycles. The van der Waals surface area contributed by atoms with Crippen molar-refractivity contribution in [3.63, 3.8) is 0 Å². The van der Waals surface area contributed by atoms with E-state index in [1.807, 2.05) is 0 Å². The van der Waals surface area contributed by atoms with Crippen LogP contribution in [0.1, 0.15) is 52.4 Å². The van der Waals surface area contributed by atoms with Gasteiger partial charge in [-0.25, -0.2) is 8.78 Å². The van der Waals surface area contributed by atoms with Crippen LogP contribution < -0.4 is 5.32 Å². The van der Waals surface area contributed by atoms with E-state index < -0.39 is 29.5 Å². The maximum absolute atomic E-state index is 15.4. The molecule has 3 aromatic carbocycles. The molecule has 0 bridgehead atoms. The lowest BCUT2D eigenvalue weighted by Gasteiger charge is -2.20. The van der Waals surface area contributed by atoms with Crippen molar-refractivity contribution >= 4 is 34.1 Å². The van der Waals surface area contributed by atoms with Gasteiger partial charge in [0, 0.05) is 16.1 Å². The highest BCUT2D eigenvalue weighted by atomic mass is 35.5. The Morgan fingerprint density at radius 3 is 2.11 bits per heavy atom. The van der Waals surface area contributed by atoms with Gasteiger partial charge in [-0.2, -0.15) is 13.2 Å². The van der Waals surface area contributed by atoms with Crippen molar-refractivity contribution in [3.05, 3.63) is 87.4 Å². The smallest absolute Gasteiger partial charge is 0.349 e. The summed E-state index contributed by atoms with van der Waals surface area (Å²) in [4.78, 5) is 12.6. The Morgan fingerprint density at radius 2 is 1.57 bits per heavy atom. The van der Waals surface area contributed by atoms with Crippen molar-refractivity contribution in [1.29, 1.82) is 0 Å². The monoisotopic (exact) mass is 509 g/mol. The topological polar surface area (TPSA) is 29.1 Å². The van der Waals surface area contributed by atoms with Gasteiger partial charge in [-0.15, -0.1) is 0 Å². The number of alkyl halides is 4. The van der Waals surface area contributed by atoms with E-state index in [9.17, 15) is 22.4 Å². The van der Waals surface area contributed by atoms with Crippen LogP contribution in [-0.2, 0) is 0 Å². The van der Waals surface area contributed by atoms with Gasteiger partial charge < -0.3 is 5.32 Å². The van der Waals surface area contributed by atoms with Crippen molar-refractivity contribution in [2.24, 2.45) is 0 Å². The molecule has 35 heavy (non-hydrogen) atoms. The Kier molecular flexibility index (Phi) is 7.60. The Morgan fingerprint density at radius 1 is 1.00 bits per heavy atom. The average molecular weight is 510 g/mol. The predicted octanol–water partition coefficient (Wildman–Crippen LogP) is 8.24. The number of halogens is 6. The summed E-state index contributed by atoms with van der Waals surface area (Å²) in [6.45, 7) is 5.73. The van der Waals surface area contributed by atoms with Crippen LogP contribution >= 0.6 is 11.6 Å². The number of carbonyl (C=O) groups excluding carboxylic acids is 1. The fourth-order valence-corrected chi connectivity index (χ4v) is 4.00. The van der Waals surface area contributed by atoms with E-state index in [2.05, 4.69) is 5.32 Å². The molecule has 0 aromatic heterocycles. The minimum absolute atomic E-state index is 0.0906. The molecule has 0 saturated carbocycles. The third-order valence-electron chi connectivity index (χ3n) is 5.75. The third-order valence-corrected chi connectivity index (χ3v) is 6.14. The van der Waals surface area contributed by atoms with Gasteiger partial charge in [-0.1, -0.05) is 48.0 Å². The van der Waals surface area contributed by atoms with Crippen LogP contribution in [0.3, 0.4) is 0 Å². The number of nitrogens with one attached hydrogen (secondary N) is 1. The number of carbonyl (C=O) groups is 1. The highest BCUT2D eigenvalue weighted by Crippen LogP contribution is 2.41. The molecule has 0 spiro atoms. The Bertz CT molecular complexity index is 1270. The van der Waals surface area contributed by atoms with Gasteiger partial charge in [0.2, 0.25) is 0 Å². The predicted molar refractivity (Wildman–Crippen MR) is 130 cm³/mol. The lowest BCUT2D eigenvalue weighted by Crippen LogP contribution is -2.35. The summed E-state index contributed by atoms with van der Waals surface area (Å²) in [5, 5.41) is 3.24. The van der Waals surface area contributed by atoms with Gasteiger partial charge >= 0.3 is 6.18 Å². The summed E-state index contributed by atoms with van der Waals surface area (Å²) in [7, 11) is 0. The van der Waals surface area contributed by atoms with E-state index >= 15 is 4.39 Å². The molecule has 186 valence electrons. The largest absolute Gasteiger partial charge is 0.399 e. The highest BCUT2D eigenvalue weighted by molar-refractivity contribution is 6.31. The van der Waals surface area contributed by atoms with E-state index in [1.54, 1.807) is 32.0 Å². The van der Waals surface area contributed by atoms with Crippen LogP contribution in [0.5, 0.6) is 0 Å². The first-order chi connectivity index (χ1) is 16.2. The van der Waals surface area contributed by atoms with E-state index in [-0.39, 0.29) is 33.6 Å². The minimum atomic E-state index is -4.77. The molecule has 0 radical (unpaired) electrons. The van der Waals surface area contributed by atoms with Gasteiger partial charge in [0.15, 0.2) is 0 Å². The maximum Gasteiger partial charge on any atom is 0.399 e. The van der Waals surface area contributed by atoms with Crippen LogP contribution in [0.25, 0.3) is 16.6 Å². The van der Waals surface area contributed by atoms with Gasteiger partial charge in [-0.05, 0) is 73.4 Å². The first-order valence-electron chi connectivity index (χ1n) is 10.9. The number of amides is 1. The zero-order valence-electron chi connectivity index (χ0n) is 19.7. The summed E-state index contributed by atoms with van der Waals surface area (Å²) < 4.78 is 71.2. The molecule has 1 amide bonds. The van der Waals surface area contributed by atoms with Gasteiger partial charge in [0.1, 0.15) is 17.4 Å². The van der Waals surface area contributed by atoms with Gasteiger partial charge in [-0.3, -0.25) is 4.79 Å². The second-order valence-corrected chi connectivity index (χ2v) is 9.49. The molecule has 1 N–H and O–H groups in total. The molecule has 1 atom stereocenters. The molecular formula is C27H25ClF5NO. The first-order valence-corrected chi connectivity index (χ1v) is 11.3. The molecule has 3 aromatic rings. The molecule has 0 aliphatic rings. The standard InChI is InChI=1S/C27H25ClF5NO/c1-15-11-17(12-23(28)16(15)2)22(27(31,32)33)13-24(29)20-9-10-21(19-8-6-5-7-18(19)20)25(35)34-14-26(3,4)30/h5-13,22H,14H2,1-4H3,(H,34,35)/b24-13-. The number of hydrogen-bond acceptors (Lipinski definition) is 1. The van der Waals surface area contributed by atoms with E-state index in [4.69, 9.17) is 11.6 Å². The number of rotatable bonds is 6. The molecule has 3 rings (SSSR count). The normalized spacial score (nSPS) is 13.7. The zero-order valence-corrected chi connectivity index (χ0v) is 20.4. The third kappa shape index (κ3) is 6.20. The summed E-state index contributed by atoms with van der Waals surface area (Å²) in [6.07, 6.45) is -4.25. The summed E-state index contributed by atoms with van der Waals surface area (Å²) in [5.74, 6) is -3.89. The summed E-state index contributed by atoms with van der Waals surface area (Å²) in [5.41, 5.74) is -0.522. The second-order valence-electron chi connectivity index (χ2n) is 9.09. The van der Waals surface area contributed by atoms with E-state index in [0.717, 1.165) is 0 Å². The molecule has 8 heteroatoms. The van der Waals surface area contributed by atoms with Crippen molar-refractivity contribution in [3.8, 4) is 0 Å². The van der Waals surface area contributed by atoms with Crippen LogP contribution in [-0.4, -0.2) is 24.3 Å². The molecule has 0 fully saturated rings.